The number of aromatic nitrogens is 1. The maximum atomic E-state index is 13.9. The molecule has 0 bridgehead atoms. The molecule has 0 fully saturated rings. The summed E-state index contributed by atoms with van der Waals surface area (Å²) in [5.74, 6) is 4.21. The molecule has 1 aromatic heterocycles. The number of hydrazine groups is 1. The molecule has 0 amide bonds. The molecule has 0 saturated carbocycles. The molecule has 2 aromatic carbocycles. The summed E-state index contributed by atoms with van der Waals surface area (Å²) >= 11 is 0. The van der Waals surface area contributed by atoms with Crippen LogP contribution in [0.25, 0.3) is 10.9 Å². The first-order valence-electron chi connectivity index (χ1n) is 6.45. The van der Waals surface area contributed by atoms with Gasteiger partial charge in [-0.25, -0.2) is 14.2 Å². The first-order valence-corrected chi connectivity index (χ1v) is 6.45. The molecule has 0 spiro atoms. The van der Waals surface area contributed by atoms with E-state index >= 15 is 0 Å². The van der Waals surface area contributed by atoms with E-state index in [2.05, 4.69) is 10.4 Å². The Labute approximate surface area is 120 Å². The van der Waals surface area contributed by atoms with Crippen LogP contribution in [0.2, 0.25) is 0 Å². The standard InChI is InChI=1S/C16H13F2N3/c17-12-5-3-6-13(18)15(12)16(21-19)11-8-10-4-1-2-7-14(10)20-9-11/h1-9,16,21H,19H2. The lowest BCUT2D eigenvalue weighted by atomic mass is 9.98. The van der Waals surface area contributed by atoms with Crippen LogP contribution in [0, 0.1) is 11.6 Å². The van der Waals surface area contributed by atoms with Gasteiger partial charge in [0.2, 0.25) is 0 Å². The van der Waals surface area contributed by atoms with Crippen LogP contribution in [-0.4, -0.2) is 4.98 Å². The van der Waals surface area contributed by atoms with Gasteiger partial charge in [-0.15, -0.1) is 0 Å². The van der Waals surface area contributed by atoms with Crippen molar-refractivity contribution in [3.8, 4) is 0 Å². The number of benzene rings is 2. The minimum Gasteiger partial charge on any atom is -0.271 e. The third kappa shape index (κ3) is 2.49. The number of rotatable bonds is 3. The number of nitrogens with one attached hydrogen (secondary N) is 1. The van der Waals surface area contributed by atoms with E-state index in [-0.39, 0.29) is 5.56 Å². The van der Waals surface area contributed by atoms with Crippen molar-refractivity contribution in [2.45, 2.75) is 6.04 Å². The van der Waals surface area contributed by atoms with Gasteiger partial charge in [-0.1, -0.05) is 24.3 Å². The highest BCUT2D eigenvalue weighted by Crippen LogP contribution is 2.27. The largest absolute Gasteiger partial charge is 0.271 e. The number of fused-ring (bicyclic) bond motifs is 1. The van der Waals surface area contributed by atoms with E-state index in [0.717, 1.165) is 10.9 Å². The Morgan fingerprint density at radius 2 is 1.71 bits per heavy atom. The van der Waals surface area contributed by atoms with Crippen molar-refractivity contribution in [2.75, 3.05) is 0 Å². The third-order valence-electron chi connectivity index (χ3n) is 3.40. The van der Waals surface area contributed by atoms with Crippen LogP contribution in [-0.2, 0) is 0 Å². The Morgan fingerprint density at radius 3 is 2.43 bits per heavy atom. The molecule has 3 rings (SSSR count). The SMILES string of the molecule is NNC(c1cnc2ccccc2c1)c1c(F)cccc1F. The van der Waals surface area contributed by atoms with Gasteiger partial charge in [-0.2, -0.15) is 0 Å². The van der Waals surface area contributed by atoms with Crippen LogP contribution in [0.1, 0.15) is 17.2 Å². The monoisotopic (exact) mass is 285 g/mol. The van der Waals surface area contributed by atoms with Gasteiger partial charge in [0, 0.05) is 17.1 Å². The van der Waals surface area contributed by atoms with Crippen molar-refractivity contribution >= 4 is 10.9 Å². The third-order valence-corrected chi connectivity index (χ3v) is 3.40. The van der Waals surface area contributed by atoms with E-state index in [1.54, 1.807) is 6.20 Å². The molecule has 106 valence electrons. The number of para-hydroxylation sites is 1. The van der Waals surface area contributed by atoms with Crippen molar-refractivity contribution < 1.29 is 8.78 Å². The zero-order valence-electron chi connectivity index (χ0n) is 11.1. The van der Waals surface area contributed by atoms with Crippen molar-refractivity contribution in [3.63, 3.8) is 0 Å². The molecule has 5 heteroatoms. The normalized spacial score (nSPS) is 12.5. The maximum Gasteiger partial charge on any atom is 0.131 e. The Balaban J connectivity index is 2.14. The van der Waals surface area contributed by atoms with E-state index in [4.69, 9.17) is 5.84 Å². The Kier molecular flexibility index (Phi) is 3.60. The van der Waals surface area contributed by atoms with Crippen molar-refractivity contribution in [1.29, 1.82) is 0 Å². The van der Waals surface area contributed by atoms with Gasteiger partial charge in [0.15, 0.2) is 0 Å². The molecule has 3 nitrogen and oxygen atoms in total. The fraction of sp³-hybridized carbons (Fsp3) is 0.0625. The zero-order valence-corrected chi connectivity index (χ0v) is 11.1. The Morgan fingerprint density at radius 1 is 1.00 bits per heavy atom. The summed E-state index contributed by atoms with van der Waals surface area (Å²) in [6, 6.07) is 12.3. The summed E-state index contributed by atoms with van der Waals surface area (Å²) in [5.41, 5.74) is 3.76. The quantitative estimate of drug-likeness (QED) is 0.574. The molecule has 3 N–H and O–H groups in total. The summed E-state index contributed by atoms with van der Waals surface area (Å²) in [6.07, 6.45) is 1.57. The molecule has 0 aliphatic carbocycles. The number of nitrogens with two attached hydrogens (primary N) is 1. The lowest BCUT2D eigenvalue weighted by Crippen LogP contribution is -2.30. The minimum absolute atomic E-state index is 0.114. The molecule has 0 radical (unpaired) electrons. The molecule has 1 heterocycles. The predicted octanol–water partition coefficient (Wildman–Crippen LogP) is 3.07. The summed E-state index contributed by atoms with van der Waals surface area (Å²) in [5, 5.41) is 0.881. The number of pyridine rings is 1. The van der Waals surface area contributed by atoms with Crippen LogP contribution in [0.15, 0.2) is 54.7 Å². The van der Waals surface area contributed by atoms with Gasteiger partial charge in [-0.05, 0) is 29.8 Å². The lowest BCUT2D eigenvalue weighted by Gasteiger charge is -2.18. The Hall–Kier alpha value is -2.37. The van der Waals surface area contributed by atoms with E-state index < -0.39 is 17.7 Å². The van der Waals surface area contributed by atoms with E-state index in [1.165, 1.54) is 18.2 Å². The molecule has 3 aromatic rings. The molecule has 1 unspecified atom stereocenters. The summed E-state index contributed by atoms with van der Waals surface area (Å²) in [6.45, 7) is 0. The summed E-state index contributed by atoms with van der Waals surface area (Å²) < 4.78 is 27.9. The molecular formula is C16H13F2N3. The van der Waals surface area contributed by atoms with Crippen LogP contribution < -0.4 is 11.3 Å². The van der Waals surface area contributed by atoms with Crippen molar-refractivity contribution in [1.82, 2.24) is 10.4 Å². The van der Waals surface area contributed by atoms with Crippen LogP contribution in [0.4, 0.5) is 8.78 Å². The average Bonchev–Trinajstić information content (AvgIpc) is 2.50. The van der Waals surface area contributed by atoms with Crippen molar-refractivity contribution in [3.05, 3.63) is 77.5 Å². The number of hydrogen-bond acceptors (Lipinski definition) is 3. The molecule has 21 heavy (non-hydrogen) atoms. The highest BCUT2D eigenvalue weighted by Gasteiger charge is 2.21. The maximum absolute atomic E-state index is 13.9. The Bertz CT molecular complexity index is 769. The molecule has 1 atom stereocenters. The second-order valence-corrected chi connectivity index (χ2v) is 4.70. The smallest absolute Gasteiger partial charge is 0.131 e. The van der Waals surface area contributed by atoms with Gasteiger partial charge in [0.25, 0.3) is 0 Å². The van der Waals surface area contributed by atoms with Gasteiger partial charge >= 0.3 is 0 Å². The van der Waals surface area contributed by atoms with Gasteiger partial charge in [-0.3, -0.25) is 10.8 Å². The molecule has 0 saturated heterocycles. The minimum atomic E-state index is -0.802. The van der Waals surface area contributed by atoms with Crippen LogP contribution >= 0.6 is 0 Å². The molecule has 0 aliphatic heterocycles. The first kappa shape index (κ1) is 13.6. The summed E-state index contributed by atoms with van der Waals surface area (Å²) in [4.78, 5) is 4.29. The predicted molar refractivity (Wildman–Crippen MR) is 77.3 cm³/mol. The topological polar surface area (TPSA) is 50.9 Å². The number of nitrogens with zero attached hydrogens (tertiary/aromatic N) is 1. The molecule has 0 aliphatic rings. The van der Waals surface area contributed by atoms with E-state index in [0.29, 0.717) is 5.56 Å². The zero-order chi connectivity index (χ0) is 14.8. The van der Waals surface area contributed by atoms with E-state index in [9.17, 15) is 8.78 Å². The average molecular weight is 285 g/mol. The molecular weight excluding hydrogens is 272 g/mol. The second-order valence-electron chi connectivity index (χ2n) is 4.70. The van der Waals surface area contributed by atoms with Crippen LogP contribution in [0.5, 0.6) is 0 Å². The van der Waals surface area contributed by atoms with Crippen molar-refractivity contribution in [2.24, 2.45) is 5.84 Å². The fourth-order valence-corrected chi connectivity index (χ4v) is 2.38. The van der Waals surface area contributed by atoms with E-state index in [1.807, 2.05) is 30.3 Å². The highest BCUT2D eigenvalue weighted by atomic mass is 19.1. The second kappa shape index (κ2) is 5.55. The van der Waals surface area contributed by atoms with Gasteiger partial charge < -0.3 is 0 Å². The van der Waals surface area contributed by atoms with Gasteiger partial charge in [0.1, 0.15) is 11.6 Å². The number of halogens is 2. The fourth-order valence-electron chi connectivity index (χ4n) is 2.38. The highest BCUT2D eigenvalue weighted by molar-refractivity contribution is 5.79. The first-order chi connectivity index (χ1) is 10.2. The lowest BCUT2D eigenvalue weighted by molar-refractivity contribution is 0.510. The van der Waals surface area contributed by atoms with Gasteiger partial charge in [0.05, 0.1) is 11.6 Å². The van der Waals surface area contributed by atoms with Crippen LogP contribution in [0.3, 0.4) is 0 Å². The summed E-state index contributed by atoms with van der Waals surface area (Å²) in [7, 11) is 0. The number of hydrogen-bond donors (Lipinski definition) is 2.